The van der Waals surface area contributed by atoms with Gasteiger partial charge >= 0.3 is 0 Å². The van der Waals surface area contributed by atoms with E-state index in [-0.39, 0.29) is 23.9 Å². The van der Waals surface area contributed by atoms with E-state index in [0.717, 1.165) is 0 Å². The van der Waals surface area contributed by atoms with Crippen LogP contribution in [0.4, 0.5) is 11.8 Å². The summed E-state index contributed by atoms with van der Waals surface area (Å²) in [5.74, 6) is -0.0909. The van der Waals surface area contributed by atoms with Crippen LogP contribution in [-0.2, 0) is 10.3 Å². The first-order valence-electron chi connectivity index (χ1n) is 5.01. The Balaban J connectivity index is 2.49. The summed E-state index contributed by atoms with van der Waals surface area (Å²) in [7, 11) is 0. The molecule has 2 heterocycles. The lowest BCUT2D eigenvalue weighted by Crippen LogP contribution is -2.46. The van der Waals surface area contributed by atoms with Gasteiger partial charge in [-0.1, -0.05) is 0 Å². The first kappa shape index (κ1) is 12.0. The van der Waals surface area contributed by atoms with Gasteiger partial charge in [0.2, 0.25) is 5.95 Å². The predicted octanol–water partition coefficient (Wildman–Crippen LogP) is -2.42. The quantitative estimate of drug-likeness (QED) is 0.385. The number of ether oxygens (including phenoxy) is 1. The predicted molar refractivity (Wildman–Crippen MR) is 57.6 cm³/mol. The maximum atomic E-state index is 10.4. The number of anilines is 2. The molecule has 1 aliphatic heterocycles. The van der Waals surface area contributed by atoms with Gasteiger partial charge < -0.3 is 31.5 Å². The van der Waals surface area contributed by atoms with Crippen LogP contribution in [0.15, 0.2) is 6.20 Å². The van der Waals surface area contributed by atoms with Gasteiger partial charge in [0.1, 0.15) is 18.0 Å². The van der Waals surface area contributed by atoms with Crippen LogP contribution < -0.4 is 11.5 Å². The molecule has 8 nitrogen and oxygen atoms in total. The molecule has 0 radical (unpaired) electrons. The van der Waals surface area contributed by atoms with Crippen molar-refractivity contribution in [2.75, 3.05) is 24.7 Å². The lowest BCUT2D eigenvalue weighted by atomic mass is 9.86. The van der Waals surface area contributed by atoms with Crippen molar-refractivity contribution in [1.82, 2.24) is 9.97 Å². The van der Waals surface area contributed by atoms with Crippen LogP contribution in [-0.4, -0.2) is 50.7 Å². The monoisotopic (exact) mass is 242 g/mol. The number of nitrogen functional groups attached to an aromatic ring is 2. The summed E-state index contributed by atoms with van der Waals surface area (Å²) in [6.45, 7) is -0.567. The molecule has 1 saturated heterocycles. The van der Waals surface area contributed by atoms with Crippen molar-refractivity contribution in [2.45, 2.75) is 17.8 Å². The van der Waals surface area contributed by atoms with Crippen LogP contribution in [0.2, 0.25) is 0 Å². The number of aliphatic hydroxyl groups excluding tert-OH is 2. The smallest absolute Gasteiger partial charge is 0.221 e. The van der Waals surface area contributed by atoms with Crippen molar-refractivity contribution < 1.29 is 20.1 Å². The first-order chi connectivity index (χ1) is 8.00. The Bertz CT molecular complexity index is 429. The van der Waals surface area contributed by atoms with Gasteiger partial charge in [-0.3, -0.25) is 0 Å². The summed E-state index contributed by atoms with van der Waals surface area (Å²) in [5, 5.41) is 29.3. The second-order valence-electron chi connectivity index (χ2n) is 3.87. The summed E-state index contributed by atoms with van der Waals surface area (Å²) in [6.07, 6.45) is -0.973. The Hall–Kier alpha value is -1.48. The number of hydrogen-bond donors (Lipinski definition) is 5. The second-order valence-corrected chi connectivity index (χ2v) is 3.87. The normalized spacial score (nSPS) is 32.9. The molecule has 0 saturated carbocycles. The van der Waals surface area contributed by atoms with Crippen molar-refractivity contribution in [2.24, 2.45) is 0 Å². The molecule has 1 aliphatic rings. The molecule has 0 spiro atoms. The minimum atomic E-state index is -1.83. The summed E-state index contributed by atoms with van der Waals surface area (Å²) in [4.78, 5) is 7.41. The Morgan fingerprint density at radius 3 is 2.82 bits per heavy atom. The van der Waals surface area contributed by atoms with Gasteiger partial charge in [0, 0.05) is 11.8 Å². The van der Waals surface area contributed by atoms with E-state index < -0.39 is 24.4 Å². The van der Waals surface area contributed by atoms with Gasteiger partial charge in [-0.2, -0.15) is 4.98 Å². The highest BCUT2D eigenvalue weighted by molar-refractivity contribution is 5.46. The summed E-state index contributed by atoms with van der Waals surface area (Å²) < 4.78 is 5.08. The molecule has 2 rings (SSSR count). The van der Waals surface area contributed by atoms with Crippen LogP contribution in [0.1, 0.15) is 5.56 Å². The van der Waals surface area contributed by atoms with Gasteiger partial charge in [0.05, 0.1) is 13.2 Å². The highest BCUT2D eigenvalue weighted by atomic mass is 16.5. The van der Waals surface area contributed by atoms with Crippen molar-refractivity contribution in [3.8, 4) is 0 Å². The van der Waals surface area contributed by atoms with E-state index in [1.165, 1.54) is 6.20 Å². The Morgan fingerprint density at radius 2 is 2.24 bits per heavy atom. The molecule has 0 unspecified atom stereocenters. The van der Waals surface area contributed by atoms with E-state index in [4.69, 9.17) is 21.3 Å². The van der Waals surface area contributed by atoms with Gasteiger partial charge in [-0.15, -0.1) is 0 Å². The largest absolute Gasteiger partial charge is 0.394 e. The van der Waals surface area contributed by atoms with Crippen LogP contribution in [0.3, 0.4) is 0 Å². The SMILES string of the molecule is Nc1ncc([C@@]2(O)[C@@H](O)CO[C@@H]2CO)c(N)n1. The maximum absolute atomic E-state index is 10.4. The summed E-state index contributed by atoms with van der Waals surface area (Å²) in [5.41, 5.74) is 9.24. The van der Waals surface area contributed by atoms with E-state index in [9.17, 15) is 10.2 Å². The zero-order valence-electron chi connectivity index (χ0n) is 8.95. The number of aliphatic hydroxyl groups is 3. The molecule has 0 aliphatic carbocycles. The minimum absolute atomic E-state index is 0.0381. The first-order valence-corrected chi connectivity index (χ1v) is 5.01. The fraction of sp³-hybridized carbons (Fsp3) is 0.556. The Morgan fingerprint density at radius 1 is 1.53 bits per heavy atom. The second kappa shape index (κ2) is 4.08. The van der Waals surface area contributed by atoms with Crippen molar-refractivity contribution in [1.29, 1.82) is 0 Å². The van der Waals surface area contributed by atoms with E-state index >= 15 is 0 Å². The van der Waals surface area contributed by atoms with Crippen LogP contribution in [0.25, 0.3) is 0 Å². The summed E-state index contributed by atoms with van der Waals surface area (Å²) >= 11 is 0. The van der Waals surface area contributed by atoms with E-state index in [1.807, 2.05) is 0 Å². The van der Waals surface area contributed by atoms with Crippen LogP contribution in [0.5, 0.6) is 0 Å². The Labute approximate surface area is 96.9 Å². The maximum Gasteiger partial charge on any atom is 0.221 e. The lowest BCUT2D eigenvalue weighted by Gasteiger charge is -2.30. The number of hydrogen-bond acceptors (Lipinski definition) is 8. The average molecular weight is 242 g/mol. The summed E-state index contributed by atoms with van der Waals surface area (Å²) in [6, 6.07) is 0. The van der Waals surface area contributed by atoms with Gasteiger partial charge in [0.25, 0.3) is 0 Å². The van der Waals surface area contributed by atoms with Gasteiger partial charge in [-0.25, -0.2) is 4.98 Å². The lowest BCUT2D eigenvalue weighted by molar-refractivity contribution is -0.0977. The fourth-order valence-corrected chi connectivity index (χ4v) is 1.94. The molecular formula is C9H14N4O4. The average Bonchev–Trinajstić information content (AvgIpc) is 2.56. The third kappa shape index (κ3) is 1.71. The molecule has 1 fully saturated rings. The van der Waals surface area contributed by atoms with Gasteiger partial charge in [-0.05, 0) is 0 Å². The highest BCUT2D eigenvalue weighted by Gasteiger charge is 2.52. The third-order valence-electron chi connectivity index (χ3n) is 2.89. The number of rotatable bonds is 2. The number of nitrogens with zero attached hydrogens (tertiary/aromatic N) is 2. The van der Waals surface area contributed by atoms with Crippen molar-refractivity contribution in [3.05, 3.63) is 11.8 Å². The molecule has 0 amide bonds. The van der Waals surface area contributed by atoms with E-state index in [0.29, 0.717) is 0 Å². The third-order valence-corrected chi connectivity index (χ3v) is 2.89. The zero-order valence-corrected chi connectivity index (χ0v) is 8.95. The number of nitrogens with two attached hydrogens (primary N) is 2. The molecular weight excluding hydrogens is 228 g/mol. The van der Waals surface area contributed by atoms with E-state index in [1.54, 1.807) is 0 Å². The minimum Gasteiger partial charge on any atom is -0.394 e. The van der Waals surface area contributed by atoms with E-state index in [2.05, 4.69) is 9.97 Å². The molecule has 0 aromatic carbocycles. The standard InChI is InChI=1S/C9H14N4O4/c10-7-4(1-12-8(11)13-7)9(16)5(15)3-17-6(9)2-14/h1,5-6,14-16H,2-3H2,(H4,10,11,12,13)/t5-,6+,9+/m0/s1. The van der Waals surface area contributed by atoms with Crippen LogP contribution >= 0.6 is 0 Å². The fourth-order valence-electron chi connectivity index (χ4n) is 1.94. The Kier molecular flexibility index (Phi) is 2.87. The van der Waals surface area contributed by atoms with Crippen LogP contribution in [0, 0.1) is 0 Å². The highest BCUT2D eigenvalue weighted by Crippen LogP contribution is 2.38. The molecule has 0 bridgehead atoms. The molecule has 94 valence electrons. The molecule has 1 aromatic heterocycles. The molecule has 1 aromatic rings. The molecule has 8 heteroatoms. The topological polar surface area (TPSA) is 148 Å². The molecule has 3 atom stereocenters. The molecule has 7 N–H and O–H groups in total. The molecule has 17 heavy (non-hydrogen) atoms. The number of aromatic nitrogens is 2. The van der Waals surface area contributed by atoms with Gasteiger partial charge in [0.15, 0.2) is 5.60 Å². The van der Waals surface area contributed by atoms with Crippen molar-refractivity contribution >= 4 is 11.8 Å². The van der Waals surface area contributed by atoms with Crippen molar-refractivity contribution in [3.63, 3.8) is 0 Å². The zero-order chi connectivity index (χ0) is 12.6.